The highest BCUT2D eigenvalue weighted by Gasteiger charge is 2.57. The molecule has 2 aliphatic rings. The van der Waals surface area contributed by atoms with E-state index in [1.807, 2.05) is 6.92 Å². The van der Waals surface area contributed by atoms with E-state index in [0.29, 0.717) is 0 Å². The maximum absolute atomic E-state index is 12.4. The molecule has 2 fully saturated rings. The largest absolute Gasteiger partial charge is 0.456 e. The fraction of sp³-hybridized carbons (Fsp3) is 0.917. The number of hydrogen-bond donors (Lipinski definition) is 2. The van der Waals surface area contributed by atoms with Crippen molar-refractivity contribution in [1.29, 1.82) is 0 Å². The quantitative estimate of drug-likeness (QED) is 0.176. The number of carbonyl (C=O) groups excluding carboxylic acids is 3. The minimum Gasteiger partial charge on any atom is -0.456 e. The molecule has 16 heteroatoms. The summed E-state index contributed by atoms with van der Waals surface area (Å²) < 4.78 is 52.1. The number of hydrogen-bond acceptors (Lipinski definition) is 12. The van der Waals surface area contributed by atoms with Crippen LogP contribution in [0, 0.1) is 0 Å². The molecule has 13 nitrogen and oxygen atoms in total. The number of nitrogens with one attached hydrogen (secondary N) is 1. The molecule has 10 atom stereocenters. The van der Waals surface area contributed by atoms with E-state index in [2.05, 4.69) is 107 Å². The fourth-order valence-electron chi connectivity index (χ4n) is 5.38. The summed E-state index contributed by atoms with van der Waals surface area (Å²) in [6, 6.07) is -1.21. The van der Waals surface area contributed by atoms with Gasteiger partial charge in [0, 0.05) is 20.8 Å². The van der Waals surface area contributed by atoms with Crippen molar-refractivity contribution >= 4 is 42.8 Å². The lowest BCUT2D eigenvalue weighted by Crippen LogP contribution is -2.68. The zero-order valence-corrected chi connectivity index (χ0v) is 38.4. The van der Waals surface area contributed by atoms with E-state index in [0.717, 1.165) is 0 Å². The Labute approximate surface area is 316 Å². The lowest BCUT2D eigenvalue weighted by Gasteiger charge is -2.54. The first-order valence-electron chi connectivity index (χ1n) is 18.5. The molecule has 0 aromatic carbocycles. The molecule has 0 aromatic heterocycles. The smallest absolute Gasteiger partial charge is 0.303 e. The van der Waals surface area contributed by atoms with Crippen LogP contribution in [0.1, 0.15) is 90.0 Å². The molecule has 2 N–H and O–H groups in total. The van der Waals surface area contributed by atoms with Crippen LogP contribution in [0.15, 0.2) is 0 Å². The molecule has 304 valence electrons. The third-order valence-electron chi connectivity index (χ3n) is 11.5. The first-order chi connectivity index (χ1) is 23.2. The molecule has 2 rings (SSSR count). The molecule has 2 saturated heterocycles. The highest BCUT2D eigenvalue weighted by atomic mass is 28.4. The van der Waals surface area contributed by atoms with Gasteiger partial charge in [-0.15, -0.1) is 0 Å². The van der Waals surface area contributed by atoms with Crippen molar-refractivity contribution in [3.63, 3.8) is 0 Å². The van der Waals surface area contributed by atoms with E-state index in [9.17, 15) is 19.5 Å². The van der Waals surface area contributed by atoms with Gasteiger partial charge in [0.05, 0.1) is 18.8 Å². The van der Waals surface area contributed by atoms with Crippen molar-refractivity contribution in [3.8, 4) is 0 Å². The van der Waals surface area contributed by atoms with Gasteiger partial charge in [-0.3, -0.25) is 14.4 Å². The van der Waals surface area contributed by atoms with Crippen molar-refractivity contribution in [2.24, 2.45) is 0 Å². The summed E-state index contributed by atoms with van der Waals surface area (Å²) >= 11 is 0. The van der Waals surface area contributed by atoms with Crippen LogP contribution in [-0.2, 0) is 51.3 Å². The minimum atomic E-state index is -2.52. The van der Waals surface area contributed by atoms with Crippen LogP contribution < -0.4 is 5.32 Å². The van der Waals surface area contributed by atoms with E-state index in [1.165, 1.54) is 20.8 Å². The van der Waals surface area contributed by atoms with Gasteiger partial charge >= 0.3 is 11.9 Å². The molecule has 0 saturated carbocycles. The molecule has 0 aliphatic carbocycles. The van der Waals surface area contributed by atoms with Crippen LogP contribution in [0.3, 0.4) is 0 Å². The van der Waals surface area contributed by atoms with Crippen LogP contribution in [0.4, 0.5) is 0 Å². The summed E-state index contributed by atoms with van der Waals surface area (Å²) in [5, 5.41) is 13.2. The lowest BCUT2D eigenvalue weighted by molar-refractivity contribution is -0.308. The van der Waals surface area contributed by atoms with Gasteiger partial charge in [0.25, 0.3) is 0 Å². The number of rotatable bonds is 12. The number of carbonyl (C=O) groups is 3. The second kappa shape index (κ2) is 16.9. The molecule has 52 heavy (non-hydrogen) atoms. The maximum atomic E-state index is 12.4. The van der Waals surface area contributed by atoms with Gasteiger partial charge in [0.15, 0.2) is 49.7 Å². The maximum Gasteiger partial charge on any atom is 0.303 e. The number of aliphatic hydroxyl groups excluding tert-OH is 1. The van der Waals surface area contributed by atoms with Gasteiger partial charge in [0.1, 0.15) is 24.4 Å². The van der Waals surface area contributed by atoms with E-state index in [1.54, 1.807) is 0 Å². The Kier molecular flexibility index (Phi) is 15.2. The van der Waals surface area contributed by atoms with Gasteiger partial charge in [-0.1, -0.05) is 62.3 Å². The molecular weight excluding hydrogens is 723 g/mol. The summed E-state index contributed by atoms with van der Waals surface area (Å²) in [5.74, 6) is -1.88. The zero-order valence-electron chi connectivity index (χ0n) is 35.4. The second-order valence-corrected chi connectivity index (χ2v) is 33.3. The first kappa shape index (κ1) is 46.9. The third-order valence-corrected chi connectivity index (χ3v) is 24.9. The van der Waals surface area contributed by atoms with Gasteiger partial charge in [0.2, 0.25) is 5.91 Å². The predicted molar refractivity (Wildman–Crippen MR) is 206 cm³/mol. The van der Waals surface area contributed by atoms with Gasteiger partial charge < -0.3 is 47.4 Å². The van der Waals surface area contributed by atoms with Crippen molar-refractivity contribution in [1.82, 2.24) is 5.32 Å². The molecule has 0 aromatic rings. The summed E-state index contributed by atoms with van der Waals surface area (Å²) in [5.41, 5.74) is 0. The molecule has 0 bridgehead atoms. The molecule has 2 heterocycles. The lowest BCUT2D eigenvalue weighted by atomic mass is 9.96. The van der Waals surface area contributed by atoms with Crippen molar-refractivity contribution in [3.05, 3.63) is 0 Å². The Morgan fingerprint density at radius 2 is 1.04 bits per heavy atom. The van der Waals surface area contributed by atoms with Crippen LogP contribution in [0.5, 0.6) is 0 Å². The van der Waals surface area contributed by atoms with Crippen LogP contribution in [0.2, 0.25) is 54.4 Å². The van der Waals surface area contributed by atoms with Gasteiger partial charge in [-0.2, -0.15) is 0 Å². The number of amides is 1. The number of ether oxygens (including phenoxy) is 5. The van der Waals surface area contributed by atoms with E-state index < -0.39 is 104 Å². The van der Waals surface area contributed by atoms with Crippen molar-refractivity contribution in [2.45, 2.75) is 206 Å². The van der Waals surface area contributed by atoms with E-state index >= 15 is 0 Å². The molecule has 1 amide bonds. The van der Waals surface area contributed by atoms with Crippen LogP contribution in [0.25, 0.3) is 0 Å². The summed E-state index contributed by atoms with van der Waals surface area (Å²) in [7, 11) is -7.33. The summed E-state index contributed by atoms with van der Waals surface area (Å²) in [6.45, 7) is 38.2. The third kappa shape index (κ3) is 11.6. The Hall–Kier alpha value is -1.22. The molecule has 0 spiro atoms. The average Bonchev–Trinajstić information content (AvgIpc) is 2.92. The average molecular weight is 794 g/mol. The minimum absolute atomic E-state index is 0.0875. The monoisotopic (exact) mass is 793 g/mol. The first-order valence-corrected chi connectivity index (χ1v) is 27.2. The van der Waals surface area contributed by atoms with Gasteiger partial charge in [-0.25, -0.2) is 0 Å². The molecule has 2 aliphatic heterocycles. The number of aliphatic hydroxyl groups is 1. The van der Waals surface area contributed by atoms with E-state index in [-0.39, 0.29) is 21.7 Å². The zero-order chi connectivity index (χ0) is 40.6. The van der Waals surface area contributed by atoms with Crippen LogP contribution >= 0.6 is 0 Å². The highest BCUT2D eigenvalue weighted by molar-refractivity contribution is 6.75. The Morgan fingerprint density at radius 3 is 1.44 bits per heavy atom. The highest BCUT2D eigenvalue weighted by Crippen LogP contribution is 2.46. The Morgan fingerprint density at radius 1 is 0.635 bits per heavy atom. The molecular formula is C36H71NO12Si3. The second-order valence-electron chi connectivity index (χ2n) is 19.0. The standard InChI is InChI=1S/C36H71NO12Si3/c1-21-27(47-50(14,15)34(5,6)7)30(48-51(16,17)35(8,9)10)31(49-52(18,19)36(11,12)13)33(43-21)42-20-25-28(44-23(3)39)29(45-24(4)40)26(32(41)46-25)37-22(2)38/h21,25-33,41H,20H2,1-19H3,(H,37,38)/t21-,25-,26-,27-,28-,29-,30+,31+,32-,33+/m1/s1. The summed E-state index contributed by atoms with van der Waals surface area (Å²) in [4.78, 5) is 36.6. The normalized spacial score (nSPS) is 31.2. The fourth-order valence-corrected chi connectivity index (χ4v) is 9.32. The van der Waals surface area contributed by atoms with Gasteiger partial charge in [-0.05, 0) is 61.3 Å². The number of esters is 2. The van der Waals surface area contributed by atoms with Crippen molar-refractivity contribution in [2.75, 3.05) is 6.61 Å². The summed E-state index contributed by atoms with van der Waals surface area (Å²) in [6.07, 6.45) is -8.50. The SMILES string of the molecule is CC(=O)N[C@@H]1[C@@H](OC(C)=O)[C@H](OC(C)=O)[C@@H](CO[C@H]2O[C@H](C)[C@@H](O[Si](C)(C)C(C)(C)C)[C@H](O[Si](C)(C)C(C)(C)C)[C@@H]2O[Si](C)(C)C(C)(C)C)O[C@H]1O. The molecule has 0 radical (unpaired) electrons. The Balaban J connectivity index is 2.70. The Bertz CT molecular complexity index is 1240. The predicted octanol–water partition coefficient (Wildman–Crippen LogP) is 6.00. The van der Waals surface area contributed by atoms with Crippen LogP contribution in [-0.4, -0.2) is 116 Å². The van der Waals surface area contributed by atoms with Crippen molar-refractivity contribution < 1.29 is 56.5 Å². The van der Waals surface area contributed by atoms with E-state index in [4.69, 9.17) is 37.0 Å². The topological polar surface area (TPSA) is 157 Å². The molecule has 0 unspecified atom stereocenters.